The third-order valence-corrected chi connectivity index (χ3v) is 4.97. The van der Waals surface area contributed by atoms with Gasteiger partial charge in [-0.25, -0.2) is 4.98 Å². The van der Waals surface area contributed by atoms with E-state index in [-0.39, 0.29) is 17.9 Å². The van der Waals surface area contributed by atoms with Crippen molar-refractivity contribution in [3.8, 4) is 11.5 Å². The number of hydrogen-bond acceptors (Lipinski definition) is 5. The lowest BCUT2D eigenvalue weighted by Gasteiger charge is -2.18. The number of nitrogens with one attached hydrogen (secondary N) is 1. The van der Waals surface area contributed by atoms with Crippen LogP contribution in [-0.4, -0.2) is 37.7 Å². The molecule has 0 radical (unpaired) electrons. The van der Waals surface area contributed by atoms with Gasteiger partial charge in [-0.1, -0.05) is 12.1 Å². The highest BCUT2D eigenvalue weighted by Gasteiger charge is 2.34. The second kappa shape index (κ2) is 8.22. The fraction of sp³-hybridized carbons (Fsp3) is 0.286. The molecule has 0 aliphatic heterocycles. The fourth-order valence-electron chi connectivity index (χ4n) is 3.64. The number of aliphatic hydroxyl groups is 1. The van der Waals surface area contributed by atoms with Gasteiger partial charge in [-0.15, -0.1) is 0 Å². The van der Waals surface area contributed by atoms with E-state index in [1.54, 1.807) is 55.2 Å². The molecule has 1 amide bonds. The molecular weight excluding hydrogens is 356 g/mol. The number of aliphatic hydroxyl groups excluding tert-OH is 1. The number of ether oxygens (including phenoxy) is 1. The molecule has 0 saturated heterocycles. The summed E-state index contributed by atoms with van der Waals surface area (Å²) in [5.41, 5.74) is 0.427. The highest BCUT2D eigenvalue weighted by atomic mass is 16.5. The number of carbonyl (C=O) groups excluding carboxylic acids is 1. The lowest BCUT2D eigenvalue weighted by molar-refractivity contribution is 0.0870. The van der Waals surface area contributed by atoms with E-state index in [0.29, 0.717) is 23.5 Å². The van der Waals surface area contributed by atoms with Gasteiger partial charge in [-0.05, 0) is 43.0 Å². The fourth-order valence-corrected chi connectivity index (χ4v) is 3.64. The van der Waals surface area contributed by atoms with Crippen LogP contribution in [-0.2, 0) is 6.54 Å². The second-order valence-electron chi connectivity index (χ2n) is 7.03. The van der Waals surface area contributed by atoms with Crippen molar-refractivity contribution in [2.45, 2.75) is 31.5 Å². The molecule has 3 aromatic rings. The molecule has 0 spiro atoms. The minimum absolute atomic E-state index is 0.258. The van der Waals surface area contributed by atoms with Crippen LogP contribution in [0.2, 0.25) is 0 Å². The molecule has 2 aromatic heterocycles. The van der Waals surface area contributed by atoms with E-state index in [2.05, 4.69) is 15.3 Å². The number of para-hydroxylation sites is 1. The molecule has 2 N–H and O–H groups in total. The third-order valence-electron chi connectivity index (χ3n) is 4.97. The molecule has 4 rings (SSSR count). The molecular formula is C21H22N4O3. The smallest absolute Gasteiger partial charge is 0.255 e. The summed E-state index contributed by atoms with van der Waals surface area (Å²) in [5, 5.41) is 13.4. The normalized spacial score (nSPS) is 21.4. The standard InChI is InChI=1S/C21H22N4O3/c26-19-11-15(13-25-9-8-23-14-25)10-18(19)24-21(27)17-5-1-2-6-20(17)28-16-4-3-7-22-12-16/h1-9,12,14-15,18-19,26H,10-11,13H2,(H,24,27)/t15?,18-,19-/m1/s1. The van der Waals surface area contributed by atoms with Gasteiger partial charge < -0.3 is 19.7 Å². The van der Waals surface area contributed by atoms with Crippen LogP contribution >= 0.6 is 0 Å². The van der Waals surface area contributed by atoms with Crippen LogP contribution in [0.3, 0.4) is 0 Å². The number of amides is 1. The average molecular weight is 378 g/mol. The highest BCUT2D eigenvalue weighted by Crippen LogP contribution is 2.29. The van der Waals surface area contributed by atoms with Gasteiger partial charge >= 0.3 is 0 Å². The van der Waals surface area contributed by atoms with E-state index in [0.717, 1.165) is 13.0 Å². The van der Waals surface area contributed by atoms with Crippen molar-refractivity contribution in [2.24, 2.45) is 5.92 Å². The van der Waals surface area contributed by atoms with Gasteiger partial charge in [0.25, 0.3) is 5.91 Å². The van der Waals surface area contributed by atoms with Crippen LogP contribution < -0.4 is 10.1 Å². The van der Waals surface area contributed by atoms with Crippen molar-refractivity contribution in [1.29, 1.82) is 0 Å². The van der Waals surface area contributed by atoms with Crippen LogP contribution in [0.5, 0.6) is 11.5 Å². The quantitative estimate of drug-likeness (QED) is 0.688. The monoisotopic (exact) mass is 378 g/mol. The van der Waals surface area contributed by atoms with E-state index in [1.165, 1.54) is 0 Å². The van der Waals surface area contributed by atoms with E-state index in [1.807, 2.05) is 16.8 Å². The molecule has 1 aliphatic carbocycles. The Bertz CT molecular complexity index is 914. The molecule has 2 heterocycles. The Hall–Kier alpha value is -3.19. The molecule has 7 nitrogen and oxygen atoms in total. The van der Waals surface area contributed by atoms with Gasteiger partial charge in [-0.3, -0.25) is 9.78 Å². The number of aromatic nitrogens is 3. The molecule has 7 heteroatoms. The lowest BCUT2D eigenvalue weighted by atomic mass is 10.1. The summed E-state index contributed by atoms with van der Waals surface area (Å²) in [6.07, 6.45) is 9.47. The van der Waals surface area contributed by atoms with Gasteiger partial charge in [-0.2, -0.15) is 0 Å². The van der Waals surface area contributed by atoms with E-state index in [9.17, 15) is 9.90 Å². The minimum Gasteiger partial charge on any atom is -0.455 e. The van der Waals surface area contributed by atoms with Crippen molar-refractivity contribution in [3.63, 3.8) is 0 Å². The summed E-state index contributed by atoms with van der Waals surface area (Å²) in [4.78, 5) is 20.9. The summed E-state index contributed by atoms with van der Waals surface area (Å²) in [5.74, 6) is 1.04. The molecule has 1 aromatic carbocycles. The summed E-state index contributed by atoms with van der Waals surface area (Å²) in [6.45, 7) is 0.782. The number of nitrogens with zero attached hydrogens (tertiary/aromatic N) is 3. The van der Waals surface area contributed by atoms with Crippen LogP contribution in [0.4, 0.5) is 0 Å². The molecule has 1 unspecified atom stereocenters. The van der Waals surface area contributed by atoms with E-state index >= 15 is 0 Å². The number of benzene rings is 1. The number of imidazole rings is 1. The van der Waals surface area contributed by atoms with Crippen LogP contribution in [0.15, 0.2) is 67.5 Å². The first kappa shape index (κ1) is 18.2. The zero-order chi connectivity index (χ0) is 19.3. The maximum atomic E-state index is 12.8. The molecule has 28 heavy (non-hydrogen) atoms. The Balaban J connectivity index is 1.42. The maximum Gasteiger partial charge on any atom is 0.255 e. The van der Waals surface area contributed by atoms with Crippen molar-refractivity contribution in [2.75, 3.05) is 0 Å². The van der Waals surface area contributed by atoms with Gasteiger partial charge in [0.2, 0.25) is 0 Å². The first-order valence-electron chi connectivity index (χ1n) is 9.30. The van der Waals surface area contributed by atoms with Crippen LogP contribution in [0, 0.1) is 5.92 Å². The molecule has 1 fully saturated rings. The number of hydrogen-bond donors (Lipinski definition) is 2. The van der Waals surface area contributed by atoms with Gasteiger partial charge in [0, 0.05) is 25.1 Å². The van der Waals surface area contributed by atoms with Crippen molar-refractivity contribution in [1.82, 2.24) is 19.9 Å². The predicted octanol–water partition coefficient (Wildman–Crippen LogP) is 2.64. The molecule has 144 valence electrons. The second-order valence-corrected chi connectivity index (χ2v) is 7.03. The Morgan fingerprint density at radius 3 is 2.86 bits per heavy atom. The molecule has 1 aliphatic rings. The topological polar surface area (TPSA) is 89.3 Å². The molecule has 3 atom stereocenters. The minimum atomic E-state index is -0.566. The number of rotatable bonds is 6. The van der Waals surface area contributed by atoms with E-state index < -0.39 is 6.10 Å². The Labute approximate surface area is 163 Å². The summed E-state index contributed by atoms with van der Waals surface area (Å²) in [7, 11) is 0. The predicted molar refractivity (Wildman–Crippen MR) is 103 cm³/mol. The number of pyridine rings is 1. The Morgan fingerprint density at radius 2 is 2.07 bits per heavy atom. The third kappa shape index (κ3) is 4.20. The first-order valence-corrected chi connectivity index (χ1v) is 9.30. The van der Waals surface area contributed by atoms with Crippen molar-refractivity contribution >= 4 is 5.91 Å². The van der Waals surface area contributed by atoms with Crippen molar-refractivity contribution < 1.29 is 14.6 Å². The average Bonchev–Trinajstić information content (AvgIpc) is 3.33. The van der Waals surface area contributed by atoms with Gasteiger partial charge in [0.1, 0.15) is 11.5 Å². The van der Waals surface area contributed by atoms with Crippen LogP contribution in [0.1, 0.15) is 23.2 Å². The largest absolute Gasteiger partial charge is 0.455 e. The first-order chi connectivity index (χ1) is 13.7. The maximum absolute atomic E-state index is 12.8. The number of carbonyl (C=O) groups is 1. The van der Waals surface area contributed by atoms with Gasteiger partial charge in [0.15, 0.2) is 0 Å². The Morgan fingerprint density at radius 1 is 1.18 bits per heavy atom. The van der Waals surface area contributed by atoms with Gasteiger partial charge in [0.05, 0.1) is 30.2 Å². The highest BCUT2D eigenvalue weighted by molar-refractivity contribution is 5.97. The Kier molecular flexibility index (Phi) is 5.34. The van der Waals surface area contributed by atoms with Crippen LogP contribution in [0.25, 0.3) is 0 Å². The van der Waals surface area contributed by atoms with E-state index in [4.69, 9.17) is 4.74 Å². The summed E-state index contributed by atoms with van der Waals surface area (Å²) in [6, 6.07) is 10.3. The molecule has 1 saturated carbocycles. The zero-order valence-corrected chi connectivity index (χ0v) is 15.3. The zero-order valence-electron chi connectivity index (χ0n) is 15.3. The van der Waals surface area contributed by atoms with Crippen molar-refractivity contribution in [3.05, 3.63) is 73.1 Å². The summed E-state index contributed by atoms with van der Waals surface area (Å²) >= 11 is 0. The SMILES string of the molecule is O=C(N[C@@H]1CC(Cn2ccnc2)C[C@H]1O)c1ccccc1Oc1cccnc1. The lowest BCUT2D eigenvalue weighted by Crippen LogP contribution is -2.40. The molecule has 0 bridgehead atoms. The summed E-state index contributed by atoms with van der Waals surface area (Å²) < 4.78 is 7.82.